The van der Waals surface area contributed by atoms with E-state index in [9.17, 15) is 14.7 Å². The quantitative estimate of drug-likeness (QED) is 0.381. The smallest absolute Gasteiger partial charge is 0.328 e. The summed E-state index contributed by atoms with van der Waals surface area (Å²) in [4.78, 5) is 23.7. The van der Waals surface area contributed by atoms with Crippen molar-refractivity contribution in [3.05, 3.63) is 83.1 Å². The maximum Gasteiger partial charge on any atom is 0.328 e. The summed E-state index contributed by atoms with van der Waals surface area (Å²) in [6.07, 6.45) is 3.28. The van der Waals surface area contributed by atoms with Crippen molar-refractivity contribution < 1.29 is 29.6 Å². The fourth-order valence-electron chi connectivity index (χ4n) is 4.09. The van der Waals surface area contributed by atoms with E-state index in [0.717, 1.165) is 35.2 Å². The molecule has 4 rings (SSSR count). The third-order valence-electron chi connectivity index (χ3n) is 6.25. The second-order valence-corrected chi connectivity index (χ2v) is 9.30. The van der Waals surface area contributed by atoms with Crippen molar-refractivity contribution >= 4 is 22.8 Å². The molecule has 0 fully saturated rings. The first-order valence-electron chi connectivity index (χ1n) is 11.7. The Kier molecular flexibility index (Phi) is 8.45. The summed E-state index contributed by atoms with van der Waals surface area (Å²) in [5.41, 5.74) is 4.91. The Morgan fingerprint density at radius 2 is 1.72 bits per heavy atom. The van der Waals surface area contributed by atoms with E-state index < -0.39 is 23.6 Å². The van der Waals surface area contributed by atoms with Gasteiger partial charge >= 0.3 is 11.9 Å². The van der Waals surface area contributed by atoms with E-state index in [-0.39, 0.29) is 6.04 Å². The molecule has 2 heterocycles. The first-order chi connectivity index (χ1) is 17.0. The summed E-state index contributed by atoms with van der Waals surface area (Å²) in [5.74, 6) is -1.68. The number of aliphatic hydroxyl groups excluding tert-OH is 1. The van der Waals surface area contributed by atoms with Gasteiger partial charge in [-0.25, -0.2) is 9.59 Å². The number of rotatable bonds is 6. The van der Waals surface area contributed by atoms with Crippen LogP contribution in [0.1, 0.15) is 42.1 Å². The van der Waals surface area contributed by atoms with Crippen molar-refractivity contribution in [3.8, 4) is 5.75 Å². The monoisotopic (exact) mass is 492 g/mol. The van der Waals surface area contributed by atoms with Crippen molar-refractivity contribution in [2.75, 3.05) is 6.54 Å². The number of aromatic nitrogens is 1. The topological polar surface area (TPSA) is 129 Å². The lowest BCUT2D eigenvalue weighted by Crippen LogP contribution is -2.52. The van der Waals surface area contributed by atoms with Crippen LogP contribution in [0.3, 0.4) is 0 Å². The zero-order chi connectivity index (χ0) is 26.5. The minimum atomic E-state index is -1.26. The summed E-state index contributed by atoms with van der Waals surface area (Å²) in [5, 5.41) is 31.3. The van der Waals surface area contributed by atoms with Gasteiger partial charge in [-0.05, 0) is 69.5 Å². The molecular formula is C28H32N2O6. The van der Waals surface area contributed by atoms with Crippen LogP contribution in [0.2, 0.25) is 0 Å². The minimum Gasteiger partial charge on any atom is -0.485 e. The number of ether oxygens (including phenoxy) is 1. The average Bonchev–Trinajstić information content (AvgIpc) is 2.83. The number of benzene rings is 2. The molecule has 1 aromatic heterocycles. The van der Waals surface area contributed by atoms with Gasteiger partial charge in [-0.1, -0.05) is 30.3 Å². The lowest BCUT2D eigenvalue weighted by molar-refractivity contribution is -0.134. The molecule has 0 spiro atoms. The summed E-state index contributed by atoms with van der Waals surface area (Å²) in [7, 11) is 0. The summed E-state index contributed by atoms with van der Waals surface area (Å²) >= 11 is 0. The van der Waals surface area contributed by atoms with E-state index in [1.807, 2.05) is 26.1 Å². The second-order valence-electron chi connectivity index (χ2n) is 9.30. The standard InChI is InChI=1S/C24H28N2O2.C4H4O4/c1-15-14-26-20-12-19-21(13-18(20)16(15)2)28-24(3,4)23(27)22(19)25-11-10-17-8-6-5-7-9-17;5-3(6)1-2-4(7)8/h5-9,12-14,22-23,25,27H,10-11H2,1-4H3;1-2H,(H,5,6)(H,7,8)/b;2-1-. The van der Waals surface area contributed by atoms with Crippen molar-refractivity contribution in [2.45, 2.75) is 51.9 Å². The average molecular weight is 493 g/mol. The first kappa shape index (κ1) is 26.8. The number of carboxylic acids is 2. The van der Waals surface area contributed by atoms with Gasteiger partial charge in [0.05, 0.1) is 11.6 Å². The highest BCUT2D eigenvalue weighted by Crippen LogP contribution is 2.42. The van der Waals surface area contributed by atoms with Crippen LogP contribution in [0.4, 0.5) is 0 Å². The number of aliphatic carboxylic acids is 2. The second kappa shape index (κ2) is 11.3. The van der Waals surface area contributed by atoms with Crippen LogP contribution in [0.15, 0.2) is 60.8 Å². The van der Waals surface area contributed by atoms with E-state index in [1.165, 1.54) is 16.7 Å². The molecule has 190 valence electrons. The number of nitrogens with zero attached hydrogens (tertiary/aromatic N) is 1. The van der Waals surface area contributed by atoms with Crippen molar-refractivity contribution in [1.82, 2.24) is 10.3 Å². The predicted molar refractivity (Wildman–Crippen MR) is 137 cm³/mol. The van der Waals surface area contributed by atoms with Crippen LogP contribution in [0.25, 0.3) is 10.9 Å². The molecule has 0 aliphatic carbocycles. The Morgan fingerprint density at radius 3 is 2.33 bits per heavy atom. The fraction of sp³-hybridized carbons (Fsp3) is 0.321. The first-order valence-corrected chi connectivity index (χ1v) is 11.7. The molecule has 2 unspecified atom stereocenters. The van der Waals surface area contributed by atoms with Gasteiger partial charge in [-0.2, -0.15) is 0 Å². The van der Waals surface area contributed by atoms with Crippen LogP contribution in [0, 0.1) is 13.8 Å². The SMILES string of the molecule is Cc1cnc2cc3c(cc2c1C)OC(C)(C)C(O)C3NCCc1ccccc1.O=C(O)/C=C\C(=O)O. The highest BCUT2D eigenvalue weighted by Gasteiger charge is 2.42. The molecule has 0 saturated heterocycles. The Bertz CT molecular complexity index is 1250. The van der Waals surface area contributed by atoms with E-state index >= 15 is 0 Å². The molecule has 2 atom stereocenters. The van der Waals surface area contributed by atoms with Crippen LogP contribution >= 0.6 is 0 Å². The highest BCUT2D eigenvalue weighted by molar-refractivity contribution is 5.89. The van der Waals surface area contributed by atoms with Crippen molar-refractivity contribution in [3.63, 3.8) is 0 Å². The molecule has 3 aromatic rings. The van der Waals surface area contributed by atoms with Gasteiger partial charge in [-0.15, -0.1) is 0 Å². The highest BCUT2D eigenvalue weighted by atomic mass is 16.5. The molecule has 8 heteroatoms. The van der Waals surface area contributed by atoms with E-state index in [2.05, 4.69) is 60.5 Å². The Morgan fingerprint density at radius 1 is 1.08 bits per heavy atom. The summed E-state index contributed by atoms with van der Waals surface area (Å²) < 4.78 is 6.21. The number of pyridine rings is 1. The minimum absolute atomic E-state index is 0.199. The Balaban J connectivity index is 0.000000392. The Hall–Kier alpha value is -3.75. The van der Waals surface area contributed by atoms with Gasteiger partial charge in [0.15, 0.2) is 0 Å². The number of fused-ring (bicyclic) bond motifs is 2. The molecule has 36 heavy (non-hydrogen) atoms. The van der Waals surface area contributed by atoms with Crippen LogP contribution in [-0.4, -0.2) is 50.5 Å². The molecule has 8 nitrogen and oxygen atoms in total. The number of carboxylic acid groups (broad SMARTS) is 2. The van der Waals surface area contributed by atoms with Gasteiger partial charge < -0.3 is 25.4 Å². The number of hydrogen-bond donors (Lipinski definition) is 4. The van der Waals surface area contributed by atoms with Crippen LogP contribution < -0.4 is 10.1 Å². The zero-order valence-corrected chi connectivity index (χ0v) is 20.9. The third-order valence-corrected chi connectivity index (χ3v) is 6.25. The van der Waals surface area contributed by atoms with Crippen molar-refractivity contribution in [2.24, 2.45) is 0 Å². The van der Waals surface area contributed by atoms with Crippen LogP contribution in [0.5, 0.6) is 5.75 Å². The summed E-state index contributed by atoms with van der Waals surface area (Å²) in [6.45, 7) is 8.85. The number of nitrogens with one attached hydrogen (secondary N) is 1. The molecule has 4 N–H and O–H groups in total. The molecule has 0 saturated carbocycles. The molecule has 1 aliphatic rings. The molecule has 0 amide bonds. The maximum absolute atomic E-state index is 11.0. The number of aliphatic hydroxyl groups is 1. The van der Waals surface area contributed by atoms with E-state index in [4.69, 9.17) is 14.9 Å². The molecule has 0 radical (unpaired) electrons. The van der Waals surface area contributed by atoms with Gasteiger partial charge in [-0.3, -0.25) is 4.98 Å². The lowest BCUT2D eigenvalue weighted by atomic mass is 9.85. The van der Waals surface area contributed by atoms with Gasteiger partial charge in [0, 0.05) is 29.3 Å². The van der Waals surface area contributed by atoms with Gasteiger partial charge in [0.1, 0.15) is 17.5 Å². The Labute approximate surface area is 210 Å². The zero-order valence-electron chi connectivity index (χ0n) is 20.9. The van der Waals surface area contributed by atoms with Gasteiger partial charge in [0.25, 0.3) is 0 Å². The van der Waals surface area contributed by atoms with Gasteiger partial charge in [0.2, 0.25) is 0 Å². The van der Waals surface area contributed by atoms with E-state index in [1.54, 1.807) is 0 Å². The maximum atomic E-state index is 11.0. The van der Waals surface area contributed by atoms with Crippen LogP contribution in [-0.2, 0) is 16.0 Å². The van der Waals surface area contributed by atoms with Crippen molar-refractivity contribution in [1.29, 1.82) is 0 Å². The number of carbonyl (C=O) groups is 2. The molecule has 1 aliphatic heterocycles. The molecular weight excluding hydrogens is 460 g/mol. The lowest BCUT2D eigenvalue weighted by Gasteiger charge is -2.42. The predicted octanol–water partition coefficient (Wildman–Crippen LogP) is 3.97. The fourth-order valence-corrected chi connectivity index (χ4v) is 4.09. The summed E-state index contributed by atoms with van der Waals surface area (Å²) in [6, 6.07) is 14.3. The molecule has 0 bridgehead atoms. The third kappa shape index (κ3) is 6.47. The largest absolute Gasteiger partial charge is 0.485 e. The number of aryl methyl sites for hydroxylation is 2. The molecule has 2 aromatic carbocycles. The number of hydrogen-bond acceptors (Lipinski definition) is 6. The normalized spacial score (nSPS) is 18.1. The van der Waals surface area contributed by atoms with E-state index in [0.29, 0.717) is 12.2 Å².